The van der Waals surface area contributed by atoms with Gasteiger partial charge in [-0.25, -0.2) is 18.6 Å². The second kappa shape index (κ2) is 4.31. The Kier molecular flexibility index (Phi) is 3.31. The molecule has 1 aromatic heterocycles. The predicted molar refractivity (Wildman–Crippen MR) is 48.6 cm³/mol. The van der Waals surface area contributed by atoms with Crippen LogP contribution in [0.2, 0.25) is 0 Å². The van der Waals surface area contributed by atoms with Crippen LogP contribution in [0.25, 0.3) is 0 Å². The van der Waals surface area contributed by atoms with Gasteiger partial charge in [0.15, 0.2) is 0 Å². The number of aromatic nitrogens is 1. The Labute approximate surface area is 91.3 Å². The van der Waals surface area contributed by atoms with Gasteiger partial charge in [-0.05, 0) is 15.9 Å². The average Bonchev–Trinajstić information content (AvgIpc) is 2.16. The lowest BCUT2D eigenvalue weighted by molar-refractivity contribution is 0.0683. The molecule has 0 saturated heterocycles. The van der Waals surface area contributed by atoms with Crippen molar-refractivity contribution >= 4 is 21.9 Å². The highest BCUT2D eigenvalue weighted by atomic mass is 79.9. The fourth-order valence-corrected chi connectivity index (χ4v) is 1.39. The van der Waals surface area contributed by atoms with Gasteiger partial charge in [0.25, 0.3) is 6.43 Å². The van der Waals surface area contributed by atoms with Crippen molar-refractivity contribution in [3.8, 4) is 6.07 Å². The van der Waals surface area contributed by atoms with Crippen molar-refractivity contribution in [2.24, 2.45) is 0 Å². The lowest BCUT2D eigenvalue weighted by Gasteiger charge is -2.06. The van der Waals surface area contributed by atoms with Crippen LogP contribution < -0.4 is 0 Å². The number of rotatable bonds is 2. The summed E-state index contributed by atoms with van der Waals surface area (Å²) in [6.07, 6.45) is -2.25. The summed E-state index contributed by atoms with van der Waals surface area (Å²) >= 11 is 2.82. The van der Waals surface area contributed by atoms with Crippen LogP contribution in [0, 0.1) is 11.3 Å². The molecule has 1 N–H and O–H groups in total. The van der Waals surface area contributed by atoms with Crippen molar-refractivity contribution in [3.05, 3.63) is 27.5 Å². The number of hydrogen-bond acceptors (Lipinski definition) is 3. The molecule has 15 heavy (non-hydrogen) atoms. The molecule has 1 aromatic rings. The first-order chi connectivity index (χ1) is 6.99. The second-order valence-electron chi connectivity index (χ2n) is 2.47. The van der Waals surface area contributed by atoms with E-state index in [4.69, 9.17) is 10.4 Å². The lowest BCUT2D eigenvalue weighted by atomic mass is 10.1. The van der Waals surface area contributed by atoms with Gasteiger partial charge in [-0.1, -0.05) is 0 Å². The molecule has 1 heterocycles. The SMILES string of the molecule is N#Cc1c(Br)ncc(C(F)F)c1C(=O)O. The van der Waals surface area contributed by atoms with Crippen LogP contribution in [0.15, 0.2) is 10.8 Å². The molecule has 0 saturated carbocycles. The van der Waals surface area contributed by atoms with Crippen LogP contribution in [0.5, 0.6) is 0 Å². The topological polar surface area (TPSA) is 74.0 Å². The number of alkyl halides is 2. The number of aromatic carboxylic acids is 1. The van der Waals surface area contributed by atoms with Gasteiger partial charge in [0.05, 0.1) is 16.7 Å². The Morgan fingerprint density at radius 2 is 2.27 bits per heavy atom. The summed E-state index contributed by atoms with van der Waals surface area (Å²) in [7, 11) is 0. The van der Waals surface area contributed by atoms with Crippen LogP contribution in [-0.2, 0) is 0 Å². The molecular weight excluding hydrogens is 274 g/mol. The molecule has 0 aliphatic heterocycles. The Bertz CT molecular complexity index is 457. The fourth-order valence-electron chi connectivity index (χ4n) is 1.00. The first-order valence-corrected chi connectivity index (χ1v) is 4.38. The van der Waals surface area contributed by atoms with Crippen LogP contribution >= 0.6 is 15.9 Å². The third-order valence-corrected chi connectivity index (χ3v) is 2.22. The number of hydrogen-bond donors (Lipinski definition) is 1. The van der Waals surface area contributed by atoms with E-state index in [-0.39, 0.29) is 4.60 Å². The van der Waals surface area contributed by atoms with Gasteiger partial charge in [-0.3, -0.25) is 0 Å². The summed E-state index contributed by atoms with van der Waals surface area (Å²) in [6, 6.07) is 1.52. The van der Waals surface area contributed by atoms with Gasteiger partial charge in [0.1, 0.15) is 10.7 Å². The lowest BCUT2D eigenvalue weighted by Crippen LogP contribution is -2.08. The average molecular weight is 277 g/mol. The summed E-state index contributed by atoms with van der Waals surface area (Å²) in [5, 5.41) is 17.3. The molecule has 0 aliphatic rings. The Hall–Kier alpha value is -1.55. The molecular formula is C8H3BrF2N2O2. The Morgan fingerprint density at radius 1 is 1.67 bits per heavy atom. The van der Waals surface area contributed by atoms with Gasteiger partial charge in [-0.15, -0.1) is 0 Å². The quantitative estimate of drug-likeness (QED) is 0.842. The molecule has 0 atom stereocenters. The number of halogens is 3. The highest BCUT2D eigenvalue weighted by Gasteiger charge is 2.24. The molecule has 0 bridgehead atoms. The maximum atomic E-state index is 12.4. The summed E-state index contributed by atoms with van der Waals surface area (Å²) in [4.78, 5) is 14.2. The number of carbonyl (C=O) groups is 1. The second-order valence-corrected chi connectivity index (χ2v) is 3.22. The largest absolute Gasteiger partial charge is 0.478 e. The zero-order chi connectivity index (χ0) is 11.6. The van der Waals surface area contributed by atoms with Gasteiger partial charge >= 0.3 is 5.97 Å². The maximum absolute atomic E-state index is 12.4. The highest BCUT2D eigenvalue weighted by Crippen LogP contribution is 2.27. The molecule has 4 nitrogen and oxygen atoms in total. The summed E-state index contributed by atoms with van der Waals surface area (Å²) in [5.41, 5.74) is -1.88. The highest BCUT2D eigenvalue weighted by molar-refractivity contribution is 9.10. The standard InChI is InChI=1S/C8H3BrF2N2O2/c9-6-3(1-12)5(8(14)15)4(2-13-6)7(10)11/h2,7H,(H,14,15). The van der Waals surface area contributed by atoms with E-state index in [1.165, 1.54) is 6.07 Å². The van der Waals surface area contributed by atoms with Gasteiger partial charge in [-0.2, -0.15) is 5.26 Å². The predicted octanol–water partition coefficient (Wildman–Crippen LogP) is 2.35. The fraction of sp³-hybridized carbons (Fsp3) is 0.125. The summed E-state index contributed by atoms with van der Waals surface area (Å²) < 4.78 is 24.8. The molecule has 0 aromatic carbocycles. The molecule has 7 heteroatoms. The number of pyridine rings is 1. The summed E-state index contributed by atoms with van der Waals surface area (Å²) in [6.45, 7) is 0. The smallest absolute Gasteiger partial charge is 0.337 e. The molecule has 0 radical (unpaired) electrons. The van der Waals surface area contributed by atoms with Gasteiger partial charge in [0, 0.05) is 6.20 Å². The number of carboxylic acids is 1. The van der Waals surface area contributed by atoms with E-state index >= 15 is 0 Å². The van der Waals surface area contributed by atoms with E-state index < -0.39 is 29.1 Å². The van der Waals surface area contributed by atoms with E-state index in [1.54, 1.807) is 0 Å². The van der Waals surface area contributed by atoms with E-state index in [0.717, 1.165) is 6.20 Å². The molecule has 0 aliphatic carbocycles. The van der Waals surface area contributed by atoms with Crippen molar-refractivity contribution in [3.63, 3.8) is 0 Å². The maximum Gasteiger partial charge on any atom is 0.337 e. The van der Waals surface area contributed by atoms with Crippen LogP contribution in [-0.4, -0.2) is 16.1 Å². The first kappa shape index (κ1) is 11.5. The number of nitriles is 1. The minimum absolute atomic E-state index is 0.0631. The first-order valence-electron chi connectivity index (χ1n) is 3.59. The molecule has 78 valence electrons. The van der Waals surface area contributed by atoms with Gasteiger partial charge in [0.2, 0.25) is 0 Å². The van der Waals surface area contributed by atoms with Gasteiger partial charge < -0.3 is 5.11 Å². The van der Waals surface area contributed by atoms with E-state index in [9.17, 15) is 13.6 Å². The molecule has 0 fully saturated rings. The molecule has 0 spiro atoms. The van der Waals surface area contributed by atoms with E-state index in [2.05, 4.69) is 20.9 Å². The van der Waals surface area contributed by atoms with Crippen LogP contribution in [0.1, 0.15) is 27.9 Å². The summed E-state index contributed by atoms with van der Waals surface area (Å²) in [5.74, 6) is -1.58. The van der Waals surface area contributed by atoms with Crippen LogP contribution in [0.4, 0.5) is 8.78 Å². The Balaban J connectivity index is 3.58. The zero-order valence-corrected chi connectivity index (χ0v) is 8.62. The minimum atomic E-state index is -2.98. The van der Waals surface area contributed by atoms with Crippen molar-refractivity contribution in [1.29, 1.82) is 5.26 Å². The monoisotopic (exact) mass is 276 g/mol. The third kappa shape index (κ3) is 2.10. The van der Waals surface area contributed by atoms with Crippen molar-refractivity contribution in [1.82, 2.24) is 4.98 Å². The van der Waals surface area contributed by atoms with Crippen molar-refractivity contribution in [2.45, 2.75) is 6.43 Å². The van der Waals surface area contributed by atoms with Crippen molar-refractivity contribution in [2.75, 3.05) is 0 Å². The molecule has 1 rings (SSSR count). The minimum Gasteiger partial charge on any atom is -0.478 e. The molecule has 0 unspecified atom stereocenters. The van der Waals surface area contributed by atoms with E-state index in [1.807, 2.05) is 0 Å². The van der Waals surface area contributed by atoms with Crippen LogP contribution in [0.3, 0.4) is 0 Å². The number of nitrogens with zero attached hydrogens (tertiary/aromatic N) is 2. The van der Waals surface area contributed by atoms with Crippen molar-refractivity contribution < 1.29 is 18.7 Å². The van der Waals surface area contributed by atoms with E-state index in [0.29, 0.717) is 0 Å². The normalized spacial score (nSPS) is 10.1. The number of carboxylic acid groups (broad SMARTS) is 1. The third-order valence-electron chi connectivity index (χ3n) is 1.62. The zero-order valence-electron chi connectivity index (χ0n) is 7.04. The molecule has 0 amide bonds. The Morgan fingerprint density at radius 3 is 2.67 bits per heavy atom.